The Morgan fingerprint density at radius 3 is 2.11 bits per heavy atom. The Labute approximate surface area is 136 Å². The molecule has 2 rings (SSSR count). The third-order valence-electron chi connectivity index (χ3n) is 2.35. The molecular weight excluding hydrogens is 271 g/mol. The van der Waals surface area contributed by atoms with E-state index in [1.165, 1.54) is 12.1 Å². The molecule has 2 aromatic rings. The van der Waals surface area contributed by atoms with Crippen LogP contribution in [0.25, 0.3) is 6.08 Å². The minimum Gasteiger partial charge on any atom is -1.00 e. The largest absolute Gasteiger partial charge is 1.00 e. The second kappa shape index (κ2) is 6.91. The van der Waals surface area contributed by atoms with Crippen LogP contribution in [0, 0.1) is 0 Å². The van der Waals surface area contributed by atoms with Gasteiger partial charge in [-0.15, -0.1) is 0 Å². The molecule has 0 bridgehead atoms. The van der Waals surface area contributed by atoms with Crippen LogP contribution in [0.2, 0.25) is 0 Å². The molecule has 0 amide bonds. The summed E-state index contributed by atoms with van der Waals surface area (Å²) in [6.07, 6.45) is 1.65. The standard InChI is InChI=1S/C14H12O3S.Na.H/c1-2-12-8-10-14(11-9-12)18(15,16)17-13-6-4-3-5-7-13;;/h2-11H,1H2;;/q;+1;-1. The monoisotopic (exact) mass is 284 g/mol. The maximum atomic E-state index is 12.0. The minimum atomic E-state index is -3.77. The van der Waals surface area contributed by atoms with Gasteiger partial charge in [-0.1, -0.05) is 43.0 Å². The molecule has 0 saturated carbocycles. The quantitative estimate of drug-likeness (QED) is 0.595. The summed E-state index contributed by atoms with van der Waals surface area (Å²) in [5, 5.41) is 0. The summed E-state index contributed by atoms with van der Waals surface area (Å²) in [6.45, 7) is 3.61. The van der Waals surface area contributed by atoms with Crippen LogP contribution in [0.5, 0.6) is 5.75 Å². The number of rotatable bonds is 4. The van der Waals surface area contributed by atoms with Crippen LogP contribution in [0.15, 0.2) is 66.1 Å². The van der Waals surface area contributed by atoms with Crippen LogP contribution >= 0.6 is 0 Å². The summed E-state index contributed by atoms with van der Waals surface area (Å²) in [7, 11) is -3.77. The predicted octanol–water partition coefficient (Wildman–Crippen LogP) is 0.214. The Kier molecular flexibility index (Phi) is 5.82. The van der Waals surface area contributed by atoms with Crippen molar-refractivity contribution in [2.75, 3.05) is 0 Å². The molecule has 2 aromatic carbocycles. The van der Waals surface area contributed by atoms with E-state index in [4.69, 9.17) is 4.18 Å². The van der Waals surface area contributed by atoms with Gasteiger partial charge in [0.1, 0.15) is 10.6 Å². The zero-order valence-electron chi connectivity index (χ0n) is 11.6. The number of para-hydroxylation sites is 1. The Morgan fingerprint density at radius 2 is 1.58 bits per heavy atom. The van der Waals surface area contributed by atoms with Crippen LogP contribution < -0.4 is 33.7 Å². The van der Waals surface area contributed by atoms with Crippen LogP contribution in [0.1, 0.15) is 6.99 Å². The molecule has 0 N–H and O–H groups in total. The maximum Gasteiger partial charge on any atom is 1.00 e. The van der Waals surface area contributed by atoms with E-state index in [1.54, 1.807) is 48.5 Å². The summed E-state index contributed by atoms with van der Waals surface area (Å²) >= 11 is 0. The topological polar surface area (TPSA) is 43.4 Å². The molecule has 0 unspecified atom stereocenters. The van der Waals surface area contributed by atoms with Crippen LogP contribution in [-0.2, 0) is 10.1 Å². The molecule has 0 heterocycles. The van der Waals surface area contributed by atoms with Gasteiger partial charge in [0, 0.05) is 0 Å². The second-order valence-electron chi connectivity index (χ2n) is 3.62. The first-order valence-corrected chi connectivity index (χ1v) is 6.75. The average molecular weight is 284 g/mol. The zero-order valence-corrected chi connectivity index (χ0v) is 13.4. The van der Waals surface area contributed by atoms with Gasteiger partial charge in [-0.3, -0.25) is 0 Å². The fourth-order valence-corrected chi connectivity index (χ4v) is 2.35. The first-order valence-electron chi connectivity index (χ1n) is 5.34. The zero-order chi connectivity index (χ0) is 13.0. The molecule has 0 atom stereocenters. The fourth-order valence-electron chi connectivity index (χ4n) is 1.42. The second-order valence-corrected chi connectivity index (χ2v) is 5.17. The van der Waals surface area contributed by atoms with Crippen molar-refractivity contribution in [3.05, 3.63) is 66.7 Å². The maximum absolute atomic E-state index is 12.0. The molecule has 0 aliphatic rings. The van der Waals surface area contributed by atoms with E-state index in [1.807, 2.05) is 0 Å². The van der Waals surface area contributed by atoms with Gasteiger partial charge in [-0.25, -0.2) is 0 Å². The molecule has 19 heavy (non-hydrogen) atoms. The molecule has 0 aromatic heterocycles. The van der Waals surface area contributed by atoms with Crippen molar-refractivity contribution in [1.29, 1.82) is 0 Å². The van der Waals surface area contributed by atoms with Gasteiger partial charge in [-0.2, -0.15) is 8.42 Å². The predicted molar refractivity (Wildman–Crippen MR) is 71.9 cm³/mol. The molecule has 0 saturated heterocycles. The number of benzene rings is 2. The van der Waals surface area contributed by atoms with E-state index in [-0.39, 0.29) is 35.9 Å². The molecule has 5 heteroatoms. The number of hydrogen-bond acceptors (Lipinski definition) is 3. The summed E-state index contributed by atoms with van der Waals surface area (Å²) in [5.41, 5.74) is 0.855. The third kappa shape index (κ3) is 4.21. The molecule has 0 spiro atoms. The van der Waals surface area contributed by atoms with E-state index in [0.717, 1.165) is 5.56 Å². The van der Waals surface area contributed by atoms with Crippen LogP contribution in [0.3, 0.4) is 0 Å². The molecule has 94 valence electrons. The van der Waals surface area contributed by atoms with Crippen LogP contribution in [0.4, 0.5) is 0 Å². The SMILES string of the molecule is C=Cc1ccc(S(=O)(=O)Oc2ccccc2)cc1.[H-].[Na+]. The van der Waals surface area contributed by atoms with Crippen molar-refractivity contribution in [2.45, 2.75) is 4.90 Å². The third-order valence-corrected chi connectivity index (χ3v) is 3.61. The smallest absolute Gasteiger partial charge is 1.00 e. The average Bonchev–Trinajstić information content (AvgIpc) is 2.39. The van der Waals surface area contributed by atoms with Crippen molar-refractivity contribution in [3.63, 3.8) is 0 Å². The van der Waals surface area contributed by atoms with Crippen molar-refractivity contribution in [3.8, 4) is 5.75 Å². The normalized spacial score (nSPS) is 10.3. The van der Waals surface area contributed by atoms with E-state index in [2.05, 4.69) is 6.58 Å². The summed E-state index contributed by atoms with van der Waals surface area (Å²) in [6, 6.07) is 14.7. The van der Waals surface area contributed by atoms with Gasteiger partial charge >= 0.3 is 39.7 Å². The van der Waals surface area contributed by atoms with Crippen molar-refractivity contribution in [2.24, 2.45) is 0 Å². The van der Waals surface area contributed by atoms with Gasteiger partial charge in [0.2, 0.25) is 0 Å². The summed E-state index contributed by atoms with van der Waals surface area (Å²) < 4.78 is 28.9. The van der Waals surface area contributed by atoms with Gasteiger partial charge in [-0.05, 0) is 29.8 Å². The Hall–Kier alpha value is -1.07. The number of hydrogen-bond donors (Lipinski definition) is 0. The van der Waals surface area contributed by atoms with Gasteiger partial charge < -0.3 is 5.61 Å². The first kappa shape index (κ1) is 16.0. The Morgan fingerprint density at radius 1 is 1.00 bits per heavy atom. The molecular formula is C14H13NaO3S. The van der Waals surface area contributed by atoms with E-state index >= 15 is 0 Å². The van der Waals surface area contributed by atoms with E-state index in [9.17, 15) is 8.42 Å². The molecule has 0 radical (unpaired) electrons. The summed E-state index contributed by atoms with van der Waals surface area (Å²) in [5.74, 6) is 0.297. The minimum absolute atomic E-state index is 0. The molecule has 0 fully saturated rings. The van der Waals surface area contributed by atoms with Gasteiger partial charge in [0.25, 0.3) is 0 Å². The van der Waals surface area contributed by atoms with Crippen molar-refractivity contribution < 1.29 is 43.6 Å². The van der Waals surface area contributed by atoms with Gasteiger partial charge in [0.05, 0.1) is 0 Å². The van der Waals surface area contributed by atoms with Crippen molar-refractivity contribution >= 4 is 16.2 Å². The summed E-state index contributed by atoms with van der Waals surface area (Å²) in [4.78, 5) is 0.122. The van der Waals surface area contributed by atoms with Gasteiger partial charge in [0.15, 0.2) is 0 Å². The van der Waals surface area contributed by atoms with Crippen LogP contribution in [-0.4, -0.2) is 8.42 Å². The Bertz CT molecular complexity index is 640. The molecule has 0 aliphatic carbocycles. The molecule has 3 nitrogen and oxygen atoms in total. The first-order chi connectivity index (χ1) is 8.62. The molecule has 0 aliphatic heterocycles. The van der Waals surface area contributed by atoms with E-state index < -0.39 is 10.1 Å². The van der Waals surface area contributed by atoms with Crippen molar-refractivity contribution in [1.82, 2.24) is 0 Å². The Balaban J connectivity index is 0.00000180. The fraction of sp³-hybridized carbons (Fsp3) is 0. The van der Waals surface area contributed by atoms with E-state index in [0.29, 0.717) is 5.75 Å².